The molecule has 0 saturated heterocycles. The van der Waals surface area contributed by atoms with Crippen molar-refractivity contribution in [2.45, 2.75) is 0 Å². The van der Waals surface area contributed by atoms with E-state index in [0.29, 0.717) is 10.7 Å². The number of allylic oxidation sites excluding steroid dienone is 1. The number of methoxy groups -OCH3 is 1. The third-order valence-corrected chi connectivity index (χ3v) is 4.56. The smallest absolute Gasteiger partial charge is 0.169 e. The Labute approximate surface area is 125 Å². The fraction of sp³-hybridized carbons (Fsp3) is 0.200. The SMILES string of the molecule is COc1ccc2oc(C3=C(C#N)SC4=NCCN43)cc2c1. The molecule has 0 radical (unpaired) electrons. The average molecular weight is 297 g/mol. The van der Waals surface area contributed by atoms with E-state index in [-0.39, 0.29) is 0 Å². The molecule has 0 bridgehead atoms. The first-order valence-electron chi connectivity index (χ1n) is 6.52. The lowest BCUT2D eigenvalue weighted by atomic mass is 10.2. The van der Waals surface area contributed by atoms with Gasteiger partial charge in [-0.05, 0) is 36.0 Å². The van der Waals surface area contributed by atoms with Crippen molar-refractivity contribution in [2.24, 2.45) is 4.99 Å². The summed E-state index contributed by atoms with van der Waals surface area (Å²) in [5.41, 5.74) is 1.61. The zero-order valence-corrected chi connectivity index (χ0v) is 12.1. The zero-order chi connectivity index (χ0) is 14.4. The summed E-state index contributed by atoms with van der Waals surface area (Å²) in [4.78, 5) is 7.10. The molecular weight excluding hydrogens is 286 g/mol. The molecular formula is C15H11N3O2S. The molecule has 104 valence electrons. The van der Waals surface area contributed by atoms with E-state index in [9.17, 15) is 5.26 Å². The molecule has 21 heavy (non-hydrogen) atoms. The van der Waals surface area contributed by atoms with Crippen molar-refractivity contribution in [3.63, 3.8) is 0 Å². The highest BCUT2D eigenvalue weighted by molar-refractivity contribution is 8.18. The third-order valence-electron chi connectivity index (χ3n) is 3.54. The number of ether oxygens (including phenoxy) is 1. The van der Waals surface area contributed by atoms with Crippen molar-refractivity contribution in [3.05, 3.63) is 34.9 Å². The Morgan fingerprint density at radius 2 is 2.33 bits per heavy atom. The van der Waals surface area contributed by atoms with Gasteiger partial charge in [-0.25, -0.2) is 0 Å². The van der Waals surface area contributed by atoms with E-state index in [1.807, 2.05) is 24.3 Å². The maximum Gasteiger partial charge on any atom is 0.169 e. The van der Waals surface area contributed by atoms with Gasteiger partial charge in [0.2, 0.25) is 0 Å². The van der Waals surface area contributed by atoms with Gasteiger partial charge in [0.05, 0.1) is 13.7 Å². The van der Waals surface area contributed by atoms with Crippen molar-refractivity contribution in [3.8, 4) is 11.8 Å². The standard InChI is InChI=1S/C15H11N3O2S/c1-19-10-2-3-11-9(6-10)7-12(20-11)14-13(8-16)21-15-17-4-5-18(14)15/h2-3,6-7H,4-5H2,1H3. The Morgan fingerprint density at radius 1 is 1.43 bits per heavy atom. The second-order valence-electron chi connectivity index (χ2n) is 4.72. The summed E-state index contributed by atoms with van der Waals surface area (Å²) >= 11 is 1.41. The van der Waals surface area contributed by atoms with Crippen molar-refractivity contribution in [1.82, 2.24) is 4.90 Å². The van der Waals surface area contributed by atoms with Crippen LogP contribution in [0.25, 0.3) is 16.7 Å². The molecule has 4 rings (SSSR count). The minimum atomic E-state index is 0.638. The first-order valence-corrected chi connectivity index (χ1v) is 7.34. The van der Waals surface area contributed by atoms with Gasteiger partial charge in [-0.15, -0.1) is 0 Å². The average Bonchev–Trinajstić information content (AvgIpc) is 3.18. The van der Waals surface area contributed by atoms with Crippen molar-refractivity contribution in [2.75, 3.05) is 20.2 Å². The number of fused-ring (bicyclic) bond motifs is 2. The highest BCUT2D eigenvalue weighted by atomic mass is 32.2. The highest BCUT2D eigenvalue weighted by Crippen LogP contribution is 2.42. The van der Waals surface area contributed by atoms with Crippen LogP contribution in [-0.4, -0.2) is 30.3 Å². The Kier molecular flexibility index (Phi) is 2.69. The fourth-order valence-corrected chi connectivity index (χ4v) is 3.55. The maximum atomic E-state index is 9.34. The Hall–Kier alpha value is -2.39. The van der Waals surface area contributed by atoms with Crippen molar-refractivity contribution in [1.29, 1.82) is 5.26 Å². The van der Waals surface area contributed by atoms with Gasteiger partial charge in [-0.1, -0.05) is 0 Å². The van der Waals surface area contributed by atoms with E-state index in [1.54, 1.807) is 7.11 Å². The molecule has 0 spiro atoms. The number of aliphatic imine (C=N–C) groups is 1. The Bertz CT molecular complexity index is 844. The predicted octanol–water partition coefficient (Wildman–Crippen LogP) is 3.05. The van der Waals surface area contributed by atoms with Gasteiger partial charge in [0.15, 0.2) is 10.9 Å². The first kappa shape index (κ1) is 12.4. The number of furan rings is 1. The van der Waals surface area contributed by atoms with Gasteiger partial charge in [-0.3, -0.25) is 4.99 Å². The van der Waals surface area contributed by atoms with Crippen LogP contribution in [0.2, 0.25) is 0 Å². The number of benzene rings is 1. The maximum absolute atomic E-state index is 9.34. The molecule has 0 unspecified atom stereocenters. The van der Waals surface area contributed by atoms with Crippen LogP contribution in [0.3, 0.4) is 0 Å². The molecule has 0 N–H and O–H groups in total. The molecule has 6 heteroatoms. The molecule has 0 fully saturated rings. The number of thioether (sulfide) groups is 1. The van der Waals surface area contributed by atoms with E-state index < -0.39 is 0 Å². The summed E-state index contributed by atoms with van der Waals surface area (Å²) in [6, 6.07) is 9.86. The van der Waals surface area contributed by atoms with E-state index in [1.165, 1.54) is 11.8 Å². The van der Waals surface area contributed by atoms with E-state index in [2.05, 4.69) is 16.0 Å². The van der Waals surface area contributed by atoms with Crippen LogP contribution < -0.4 is 4.74 Å². The molecule has 3 heterocycles. The third kappa shape index (κ3) is 1.82. The minimum absolute atomic E-state index is 0.638. The van der Waals surface area contributed by atoms with E-state index in [0.717, 1.165) is 40.7 Å². The number of nitriles is 1. The van der Waals surface area contributed by atoms with Gasteiger partial charge in [0.25, 0.3) is 0 Å². The molecule has 0 atom stereocenters. The molecule has 0 saturated carbocycles. The number of hydrogen-bond donors (Lipinski definition) is 0. The lowest BCUT2D eigenvalue weighted by Gasteiger charge is -2.13. The summed E-state index contributed by atoms with van der Waals surface area (Å²) in [7, 11) is 1.64. The van der Waals surface area contributed by atoms with Crippen LogP contribution in [0, 0.1) is 11.3 Å². The fourth-order valence-electron chi connectivity index (χ4n) is 2.57. The summed E-state index contributed by atoms with van der Waals surface area (Å²) < 4.78 is 11.1. The largest absolute Gasteiger partial charge is 0.497 e. The zero-order valence-electron chi connectivity index (χ0n) is 11.3. The highest BCUT2D eigenvalue weighted by Gasteiger charge is 2.34. The summed E-state index contributed by atoms with van der Waals surface area (Å²) in [6.07, 6.45) is 0. The number of hydrogen-bond acceptors (Lipinski definition) is 6. The summed E-state index contributed by atoms with van der Waals surface area (Å²) in [5, 5.41) is 11.2. The number of nitrogens with zero attached hydrogens (tertiary/aromatic N) is 3. The van der Waals surface area contributed by atoms with Gasteiger partial charge < -0.3 is 14.1 Å². The van der Waals surface area contributed by atoms with Crippen molar-refractivity contribution < 1.29 is 9.15 Å². The Balaban J connectivity index is 1.85. The van der Waals surface area contributed by atoms with Crippen LogP contribution >= 0.6 is 11.8 Å². The number of rotatable bonds is 2. The van der Waals surface area contributed by atoms with Crippen LogP contribution in [-0.2, 0) is 0 Å². The van der Waals surface area contributed by atoms with Crippen LogP contribution in [0.5, 0.6) is 5.75 Å². The first-order chi connectivity index (χ1) is 10.3. The topological polar surface area (TPSA) is 61.8 Å². The Morgan fingerprint density at radius 3 is 3.14 bits per heavy atom. The molecule has 0 amide bonds. The monoisotopic (exact) mass is 297 g/mol. The molecule has 2 aliphatic heterocycles. The van der Waals surface area contributed by atoms with Crippen LogP contribution in [0.15, 0.2) is 38.6 Å². The molecule has 5 nitrogen and oxygen atoms in total. The quantitative estimate of drug-likeness (QED) is 0.852. The lowest BCUT2D eigenvalue weighted by Crippen LogP contribution is -2.19. The second kappa shape index (κ2) is 4.57. The van der Waals surface area contributed by atoms with Crippen LogP contribution in [0.4, 0.5) is 0 Å². The van der Waals surface area contributed by atoms with E-state index >= 15 is 0 Å². The molecule has 2 aromatic rings. The second-order valence-corrected chi connectivity index (χ2v) is 5.70. The normalized spacial score (nSPS) is 17.1. The minimum Gasteiger partial charge on any atom is -0.497 e. The van der Waals surface area contributed by atoms with Gasteiger partial charge in [0.1, 0.15) is 28.0 Å². The molecule has 1 aromatic carbocycles. The summed E-state index contributed by atoms with van der Waals surface area (Å²) in [5.74, 6) is 1.49. The van der Waals surface area contributed by atoms with Crippen molar-refractivity contribution >= 4 is 33.6 Å². The van der Waals surface area contributed by atoms with E-state index in [4.69, 9.17) is 9.15 Å². The lowest BCUT2D eigenvalue weighted by molar-refractivity contribution is 0.415. The number of amidine groups is 1. The predicted molar refractivity (Wildman–Crippen MR) is 81.9 cm³/mol. The van der Waals surface area contributed by atoms with Gasteiger partial charge in [-0.2, -0.15) is 5.26 Å². The molecule has 2 aliphatic rings. The molecule has 1 aromatic heterocycles. The van der Waals surface area contributed by atoms with Gasteiger partial charge in [0, 0.05) is 11.9 Å². The van der Waals surface area contributed by atoms with Crippen LogP contribution in [0.1, 0.15) is 5.76 Å². The molecule has 0 aliphatic carbocycles. The van der Waals surface area contributed by atoms with Gasteiger partial charge >= 0.3 is 0 Å². The summed E-state index contributed by atoms with van der Waals surface area (Å²) in [6.45, 7) is 1.56.